The highest BCUT2D eigenvalue weighted by molar-refractivity contribution is 7.89. The topological polar surface area (TPSA) is 55.4 Å². The molecule has 4 nitrogen and oxygen atoms in total. The van der Waals surface area contributed by atoms with Crippen LogP contribution >= 0.6 is 0 Å². The maximum absolute atomic E-state index is 13.1. The second-order valence-corrected chi connectivity index (χ2v) is 6.16. The number of hydrogen-bond donors (Lipinski definition) is 1. The first-order valence-corrected chi connectivity index (χ1v) is 7.35. The van der Waals surface area contributed by atoms with Crippen molar-refractivity contribution in [2.75, 3.05) is 13.2 Å². The Morgan fingerprint density at radius 1 is 1.50 bits per heavy atom. The van der Waals surface area contributed by atoms with Crippen molar-refractivity contribution >= 4 is 10.0 Å². The van der Waals surface area contributed by atoms with Crippen LogP contribution in [0.4, 0.5) is 4.39 Å². The SMILES string of the molecule is Cc1cc(S(=O)(=O)NC[C@@H]2CCCO2)ccc1F. The molecule has 0 saturated carbocycles. The van der Waals surface area contributed by atoms with E-state index in [0.29, 0.717) is 12.2 Å². The summed E-state index contributed by atoms with van der Waals surface area (Å²) in [6, 6.07) is 3.75. The Balaban J connectivity index is 2.07. The van der Waals surface area contributed by atoms with Crippen LogP contribution in [0.5, 0.6) is 0 Å². The van der Waals surface area contributed by atoms with Crippen LogP contribution in [0.25, 0.3) is 0 Å². The van der Waals surface area contributed by atoms with Gasteiger partial charge in [-0.15, -0.1) is 0 Å². The first kappa shape index (κ1) is 13.5. The average Bonchev–Trinajstić information content (AvgIpc) is 2.83. The molecule has 1 N–H and O–H groups in total. The van der Waals surface area contributed by atoms with Crippen molar-refractivity contribution in [1.29, 1.82) is 0 Å². The predicted molar refractivity (Wildman–Crippen MR) is 65.3 cm³/mol. The van der Waals surface area contributed by atoms with Crippen LogP contribution in [-0.4, -0.2) is 27.7 Å². The van der Waals surface area contributed by atoms with Gasteiger partial charge in [-0.3, -0.25) is 0 Å². The summed E-state index contributed by atoms with van der Waals surface area (Å²) in [5, 5.41) is 0. The van der Waals surface area contributed by atoms with Crippen molar-refractivity contribution < 1.29 is 17.5 Å². The molecule has 1 atom stereocenters. The zero-order valence-electron chi connectivity index (χ0n) is 10.1. The van der Waals surface area contributed by atoms with Gasteiger partial charge < -0.3 is 4.74 Å². The number of hydrogen-bond acceptors (Lipinski definition) is 3. The highest BCUT2D eigenvalue weighted by Gasteiger charge is 2.20. The molecule has 1 aromatic carbocycles. The van der Waals surface area contributed by atoms with E-state index in [-0.39, 0.29) is 17.5 Å². The van der Waals surface area contributed by atoms with E-state index in [0.717, 1.165) is 18.9 Å². The Bertz CT molecular complexity index is 524. The number of nitrogens with one attached hydrogen (secondary N) is 1. The summed E-state index contributed by atoms with van der Waals surface area (Å²) >= 11 is 0. The minimum atomic E-state index is -3.58. The van der Waals surface area contributed by atoms with Gasteiger partial charge in [-0.2, -0.15) is 0 Å². The van der Waals surface area contributed by atoms with Gasteiger partial charge >= 0.3 is 0 Å². The molecule has 1 aromatic rings. The van der Waals surface area contributed by atoms with Crippen molar-refractivity contribution in [3.05, 3.63) is 29.6 Å². The second-order valence-electron chi connectivity index (χ2n) is 4.40. The smallest absolute Gasteiger partial charge is 0.240 e. The Morgan fingerprint density at radius 3 is 2.89 bits per heavy atom. The van der Waals surface area contributed by atoms with Crippen LogP contribution in [0, 0.1) is 12.7 Å². The second kappa shape index (κ2) is 5.34. The molecule has 100 valence electrons. The molecular weight excluding hydrogens is 257 g/mol. The number of aryl methyl sites for hydroxylation is 1. The molecule has 0 spiro atoms. The van der Waals surface area contributed by atoms with E-state index in [1.54, 1.807) is 0 Å². The molecule has 1 aliphatic heterocycles. The first-order valence-electron chi connectivity index (χ1n) is 5.86. The third kappa shape index (κ3) is 3.07. The molecule has 0 bridgehead atoms. The fourth-order valence-electron chi connectivity index (χ4n) is 1.88. The Labute approximate surface area is 106 Å². The molecule has 0 radical (unpaired) electrons. The van der Waals surface area contributed by atoms with E-state index in [1.165, 1.54) is 19.1 Å². The summed E-state index contributed by atoms with van der Waals surface area (Å²) < 4.78 is 44.8. The van der Waals surface area contributed by atoms with E-state index >= 15 is 0 Å². The molecule has 0 unspecified atom stereocenters. The van der Waals surface area contributed by atoms with Gasteiger partial charge in [-0.1, -0.05) is 0 Å². The Morgan fingerprint density at radius 2 is 2.28 bits per heavy atom. The van der Waals surface area contributed by atoms with Crippen molar-refractivity contribution in [3.63, 3.8) is 0 Å². The van der Waals surface area contributed by atoms with E-state index in [1.807, 2.05) is 0 Å². The van der Waals surface area contributed by atoms with Gasteiger partial charge in [0, 0.05) is 13.2 Å². The lowest BCUT2D eigenvalue weighted by molar-refractivity contribution is 0.114. The lowest BCUT2D eigenvalue weighted by Gasteiger charge is -2.11. The fourth-order valence-corrected chi connectivity index (χ4v) is 3.03. The molecule has 1 saturated heterocycles. The molecular formula is C12H16FNO3S. The Hall–Kier alpha value is -0.980. The van der Waals surface area contributed by atoms with Gasteiger partial charge in [0.1, 0.15) is 5.82 Å². The van der Waals surface area contributed by atoms with E-state index in [2.05, 4.69) is 4.72 Å². The monoisotopic (exact) mass is 273 g/mol. The molecule has 1 aliphatic rings. The number of halogens is 1. The molecule has 1 heterocycles. The number of benzene rings is 1. The third-order valence-electron chi connectivity index (χ3n) is 2.96. The maximum atomic E-state index is 13.1. The van der Waals surface area contributed by atoms with Gasteiger partial charge in [0.2, 0.25) is 10.0 Å². The lowest BCUT2D eigenvalue weighted by Crippen LogP contribution is -2.31. The minimum absolute atomic E-state index is 0.0543. The van der Waals surface area contributed by atoms with Crippen molar-refractivity contribution in [2.45, 2.75) is 30.8 Å². The molecule has 1 fully saturated rings. The van der Waals surface area contributed by atoms with Crippen LogP contribution in [0.15, 0.2) is 23.1 Å². The highest BCUT2D eigenvalue weighted by Crippen LogP contribution is 2.15. The molecule has 6 heteroatoms. The van der Waals surface area contributed by atoms with Gasteiger partial charge in [-0.05, 0) is 43.5 Å². The first-order chi connectivity index (χ1) is 8.49. The van der Waals surface area contributed by atoms with Crippen LogP contribution in [0.2, 0.25) is 0 Å². The van der Waals surface area contributed by atoms with Gasteiger partial charge in [0.05, 0.1) is 11.0 Å². The number of ether oxygens (including phenoxy) is 1. The summed E-state index contributed by atoms with van der Waals surface area (Å²) in [6.45, 7) is 2.48. The Kier molecular flexibility index (Phi) is 3.99. The zero-order valence-corrected chi connectivity index (χ0v) is 11.0. The summed E-state index contributed by atoms with van der Waals surface area (Å²) in [4.78, 5) is 0.0828. The standard InChI is InChI=1S/C12H16FNO3S/c1-9-7-11(4-5-12(9)13)18(15,16)14-8-10-3-2-6-17-10/h4-5,7,10,14H,2-3,6,8H2,1H3/t10-/m0/s1. The summed E-state index contributed by atoms with van der Waals surface area (Å²) in [5.41, 5.74) is 0.315. The fraction of sp³-hybridized carbons (Fsp3) is 0.500. The minimum Gasteiger partial charge on any atom is -0.377 e. The maximum Gasteiger partial charge on any atom is 0.240 e. The van der Waals surface area contributed by atoms with Crippen LogP contribution in [0.1, 0.15) is 18.4 Å². The largest absolute Gasteiger partial charge is 0.377 e. The number of rotatable bonds is 4. The van der Waals surface area contributed by atoms with Gasteiger partial charge in [0.25, 0.3) is 0 Å². The van der Waals surface area contributed by atoms with Gasteiger partial charge in [0.15, 0.2) is 0 Å². The third-order valence-corrected chi connectivity index (χ3v) is 4.39. The van der Waals surface area contributed by atoms with Crippen LogP contribution in [0.3, 0.4) is 0 Å². The van der Waals surface area contributed by atoms with E-state index in [4.69, 9.17) is 4.74 Å². The van der Waals surface area contributed by atoms with Crippen LogP contribution < -0.4 is 4.72 Å². The summed E-state index contributed by atoms with van der Waals surface area (Å²) in [5.74, 6) is -0.409. The summed E-state index contributed by atoms with van der Waals surface area (Å²) in [7, 11) is -3.58. The van der Waals surface area contributed by atoms with E-state index in [9.17, 15) is 12.8 Å². The van der Waals surface area contributed by atoms with Crippen LogP contribution in [-0.2, 0) is 14.8 Å². The quantitative estimate of drug-likeness (QED) is 0.906. The zero-order chi connectivity index (χ0) is 13.2. The predicted octanol–water partition coefficient (Wildman–Crippen LogP) is 1.59. The summed E-state index contributed by atoms with van der Waals surface area (Å²) in [6.07, 6.45) is 1.77. The lowest BCUT2D eigenvalue weighted by atomic mass is 10.2. The number of sulfonamides is 1. The average molecular weight is 273 g/mol. The molecule has 0 aliphatic carbocycles. The van der Waals surface area contributed by atoms with Crippen molar-refractivity contribution in [3.8, 4) is 0 Å². The molecule has 0 aromatic heterocycles. The van der Waals surface area contributed by atoms with E-state index < -0.39 is 15.8 Å². The normalized spacial score (nSPS) is 20.2. The molecule has 18 heavy (non-hydrogen) atoms. The van der Waals surface area contributed by atoms with Crippen molar-refractivity contribution in [1.82, 2.24) is 4.72 Å². The van der Waals surface area contributed by atoms with Gasteiger partial charge in [-0.25, -0.2) is 17.5 Å². The molecule has 0 amide bonds. The highest BCUT2D eigenvalue weighted by atomic mass is 32.2. The molecule has 2 rings (SSSR count). The van der Waals surface area contributed by atoms with Crippen molar-refractivity contribution in [2.24, 2.45) is 0 Å².